The number of hydrogen-bond donors (Lipinski definition) is 3. The number of esters is 1. The monoisotopic (exact) mass is 791 g/mol. The van der Waals surface area contributed by atoms with Crippen LogP contribution in [0.1, 0.15) is 219 Å². The number of aliphatic hydroxyl groups is 2. The van der Waals surface area contributed by atoms with Gasteiger partial charge in [0, 0.05) is 13.0 Å². The third-order valence-corrected chi connectivity index (χ3v) is 10.9. The van der Waals surface area contributed by atoms with E-state index in [9.17, 15) is 19.4 Å². The second-order valence-electron chi connectivity index (χ2n) is 15.4. The van der Waals surface area contributed by atoms with E-state index < -0.39 is 33.2 Å². The Hall–Kier alpha value is -0.800. The van der Waals surface area contributed by atoms with Crippen LogP contribution in [0.25, 0.3) is 0 Å². The van der Waals surface area contributed by atoms with Crippen LogP contribution >= 0.6 is 7.82 Å². The van der Waals surface area contributed by atoms with Gasteiger partial charge in [0.2, 0.25) is 0 Å². The molecule has 0 radical (unpaired) electrons. The Morgan fingerprint density at radius 1 is 0.556 bits per heavy atom. The van der Waals surface area contributed by atoms with Crippen LogP contribution in [0.15, 0.2) is 12.2 Å². The van der Waals surface area contributed by atoms with Crippen LogP contribution in [-0.2, 0) is 27.9 Å². The molecule has 3 unspecified atom stereocenters. The molecule has 0 rings (SSSR count). The first-order valence-electron chi connectivity index (χ1n) is 22.7. The first-order valence-corrected chi connectivity index (χ1v) is 24.2. The molecule has 9 nitrogen and oxygen atoms in total. The van der Waals surface area contributed by atoms with Crippen LogP contribution in [0.3, 0.4) is 0 Å². The van der Waals surface area contributed by atoms with Crippen molar-refractivity contribution in [3.05, 3.63) is 12.2 Å². The van der Waals surface area contributed by atoms with Crippen molar-refractivity contribution < 1.29 is 43.0 Å². The largest absolute Gasteiger partial charge is 0.472 e. The molecule has 0 heterocycles. The van der Waals surface area contributed by atoms with E-state index in [1.165, 1.54) is 154 Å². The van der Waals surface area contributed by atoms with Crippen molar-refractivity contribution in [2.24, 2.45) is 0 Å². The van der Waals surface area contributed by atoms with Crippen molar-refractivity contribution in [3.63, 3.8) is 0 Å². The Kier molecular flexibility index (Phi) is 41.2. The summed E-state index contributed by atoms with van der Waals surface area (Å²) in [5.74, 6) is -0.380. The zero-order chi connectivity index (χ0) is 39.6. The van der Waals surface area contributed by atoms with Gasteiger partial charge in [-0.15, -0.1) is 0 Å². The number of carbonyl (C=O) groups excluding carboxylic acids is 1. The summed E-state index contributed by atoms with van der Waals surface area (Å²) in [6.45, 7) is 3.54. The quantitative estimate of drug-likeness (QED) is 0.0239. The summed E-state index contributed by atoms with van der Waals surface area (Å²) < 4.78 is 33.4. The lowest BCUT2D eigenvalue weighted by atomic mass is 10.0. The van der Waals surface area contributed by atoms with Gasteiger partial charge in [0.05, 0.1) is 26.4 Å². The molecular formula is C44H87O9P. The van der Waals surface area contributed by atoms with E-state index in [4.69, 9.17) is 23.6 Å². The van der Waals surface area contributed by atoms with Crippen LogP contribution in [0, 0.1) is 0 Å². The van der Waals surface area contributed by atoms with Gasteiger partial charge in [0.1, 0.15) is 12.2 Å². The van der Waals surface area contributed by atoms with Crippen molar-refractivity contribution in [1.82, 2.24) is 0 Å². The summed E-state index contributed by atoms with van der Waals surface area (Å²) in [7, 11) is -4.51. The van der Waals surface area contributed by atoms with Gasteiger partial charge < -0.3 is 24.6 Å². The maximum atomic E-state index is 12.6. The molecule has 3 N–H and O–H groups in total. The number of phosphoric ester groups is 1. The summed E-state index contributed by atoms with van der Waals surface area (Å²) >= 11 is 0. The molecule has 3 atom stereocenters. The van der Waals surface area contributed by atoms with Crippen LogP contribution in [0.2, 0.25) is 0 Å². The second-order valence-corrected chi connectivity index (χ2v) is 16.9. The van der Waals surface area contributed by atoms with Crippen molar-refractivity contribution in [2.75, 3.05) is 33.0 Å². The average Bonchev–Trinajstić information content (AvgIpc) is 3.16. The van der Waals surface area contributed by atoms with Crippen LogP contribution in [0.5, 0.6) is 0 Å². The van der Waals surface area contributed by atoms with Crippen molar-refractivity contribution >= 4 is 13.8 Å². The van der Waals surface area contributed by atoms with E-state index in [0.717, 1.165) is 44.9 Å². The summed E-state index contributed by atoms with van der Waals surface area (Å²) in [6, 6.07) is 0. The fourth-order valence-electron chi connectivity index (χ4n) is 6.47. The van der Waals surface area contributed by atoms with Crippen LogP contribution in [0.4, 0.5) is 0 Å². The lowest BCUT2D eigenvalue weighted by Crippen LogP contribution is -2.29. The number of carbonyl (C=O) groups is 1. The van der Waals surface area contributed by atoms with Gasteiger partial charge in [0.25, 0.3) is 0 Å². The lowest BCUT2D eigenvalue weighted by molar-refractivity contribution is -0.154. The maximum absolute atomic E-state index is 12.6. The summed E-state index contributed by atoms with van der Waals surface area (Å²) in [5, 5.41) is 18.4. The van der Waals surface area contributed by atoms with Crippen molar-refractivity contribution in [3.8, 4) is 0 Å². The van der Waals surface area contributed by atoms with Gasteiger partial charge in [-0.05, 0) is 38.5 Å². The molecule has 0 saturated carbocycles. The second kappa shape index (κ2) is 41.8. The Labute approximate surface area is 332 Å². The third kappa shape index (κ3) is 40.9. The molecule has 0 spiro atoms. The van der Waals surface area contributed by atoms with Crippen LogP contribution in [-0.4, -0.2) is 66.3 Å². The standard InChI is InChI=1S/C44H87O9P/c1-3-5-7-9-11-13-15-17-19-20-21-22-24-26-28-30-32-34-36-44(47)53-43(41-52-54(48,49)51-39-42(46)38-45)40-50-37-35-33-31-29-27-25-23-18-16-14-12-10-8-6-4-2/h16,18,42-43,45-46H,3-15,17,19-41H2,1-2H3,(H,48,49)/b18-16-. The number of rotatable bonds is 44. The molecule has 0 aromatic carbocycles. The first kappa shape index (κ1) is 53.2. The molecule has 0 aromatic rings. The zero-order valence-electron chi connectivity index (χ0n) is 35.2. The van der Waals surface area contributed by atoms with Crippen molar-refractivity contribution in [1.29, 1.82) is 0 Å². The molecule has 54 heavy (non-hydrogen) atoms. The van der Waals surface area contributed by atoms with E-state index in [1.807, 2.05) is 0 Å². The molecule has 0 aliphatic rings. The minimum atomic E-state index is -4.51. The molecule has 0 fully saturated rings. The fraction of sp³-hybridized carbons (Fsp3) is 0.932. The molecule has 0 aliphatic heterocycles. The van der Waals surface area contributed by atoms with E-state index in [-0.39, 0.29) is 25.6 Å². The number of hydrogen-bond acceptors (Lipinski definition) is 8. The summed E-state index contributed by atoms with van der Waals surface area (Å²) in [4.78, 5) is 22.6. The smallest absolute Gasteiger partial charge is 0.457 e. The average molecular weight is 791 g/mol. The highest BCUT2D eigenvalue weighted by molar-refractivity contribution is 7.47. The van der Waals surface area contributed by atoms with E-state index in [0.29, 0.717) is 6.61 Å². The Balaban J connectivity index is 4.11. The lowest BCUT2D eigenvalue weighted by Gasteiger charge is -2.20. The Morgan fingerprint density at radius 3 is 1.39 bits per heavy atom. The van der Waals surface area contributed by atoms with Gasteiger partial charge in [-0.3, -0.25) is 13.8 Å². The molecule has 10 heteroatoms. The normalized spacial score (nSPS) is 14.1. The van der Waals surface area contributed by atoms with Crippen LogP contribution < -0.4 is 0 Å². The zero-order valence-corrected chi connectivity index (χ0v) is 36.1. The molecule has 0 aliphatic carbocycles. The topological polar surface area (TPSA) is 132 Å². The number of phosphoric acid groups is 1. The van der Waals surface area contributed by atoms with E-state index >= 15 is 0 Å². The molecule has 0 amide bonds. The number of allylic oxidation sites excluding steroid dienone is 2. The van der Waals surface area contributed by atoms with Gasteiger partial charge in [-0.1, -0.05) is 187 Å². The highest BCUT2D eigenvalue weighted by Gasteiger charge is 2.26. The number of aliphatic hydroxyl groups excluding tert-OH is 2. The summed E-state index contributed by atoms with van der Waals surface area (Å²) in [5.41, 5.74) is 0. The molecule has 0 saturated heterocycles. The number of ether oxygens (including phenoxy) is 2. The highest BCUT2D eigenvalue weighted by Crippen LogP contribution is 2.43. The Morgan fingerprint density at radius 2 is 0.944 bits per heavy atom. The molecule has 0 bridgehead atoms. The third-order valence-electron chi connectivity index (χ3n) is 9.95. The molecular weight excluding hydrogens is 703 g/mol. The first-order chi connectivity index (χ1) is 26.3. The number of unbranched alkanes of at least 4 members (excludes halogenated alkanes) is 28. The fourth-order valence-corrected chi connectivity index (χ4v) is 7.26. The van der Waals surface area contributed by atoms with E-state index in [2.05, 4.69) is 26.0 Å². The minimum absolute atomic E-state index is 0.0507. The minimum Gasteiger partial charge on any atom is -0.457 e. The Bertz CT molecular complexity index is 856. The predicted octanol–water partition coefficient (Wildman–Crippen LogP) is 12.5. The van der Waals surface area contributed by atoms with Gasteiger partial charge in [-0.25, -0.2) is 4.57 Å². The maximum Gasteiger partial charge on any atom is 0.472 e. The van der Waals surface area contributed by atoms with E-state index in [1.54, 1.807) is 0 Å². The molecule has 0 aromatic heterocycles. The predicted molar refractivity (Wildman–Crippen MR) is 224 cm³/mol. The van der Waals surface area contributed by atoms with Gasteiger partial charge >= 0.3 is 13.8 Å². The van der Waals surface area contributed by atoms with Gasteiger partial charge in [0.15, 0.2) is 0 Å². The van der Waals surface area contributed by atoms with Gasteiger partial charge in [-0.2, -0.15) is 0 Å². The highest BCUT2D eigenvalue weighted by atomic mass is 31.2. The SMILES string of the molecule is CCCCCCC/C=C\CCCCCCCCOCC(COP(=O)(O)OCC(O)CO)OC(=O)CCCCCCCCCCCCCCCCCCCC. The summed E-state index contributed by atoms with van der Waals surface area (Å²) in [6.07, 6.45) is 41.7. The van der Waals surface area contributed by atoms with Crippen molar-refractivity contribution in [2.45, 2.75) is 232 Å². The molecule has 322 valence electrons.